The summed E-state index contributed by atoms with van der Waals surface area (Å²) in [6, 6.07) is 14.3. The first-order valence-electron chi connectivity index (χ1n) is 13.5. The summed E-state index contributed by atoms with van der Waals surface area (Å²) >= 11 is 2.22. The van der Waals surface area contributed by atoms with E-state index in [0.717, 1.165) is 67.0 Å². The Balaban J connectivity index is 1.41. The molecule has 2 unspecified atom stereocenters. The summed E-state index contributed by atoms with van der Waals surface area (Å²) in [7, 11) is 2.22. The quantitative estimate of drug-likeness (QED) is 0.299. The van der Waals surface area contributed by atoms with E-state index in [9.17, 15) is 4.39 Å². The highest BCUT2D eigenvalue weighted by molar-refractivity contribution is 14.1. The van der Waals surface area contributed by atoms with E-state index < -0.39 is 0 Å². The molecule has 4 aromatic rings. The molecule has 2 saturated heterocycles. The second kappa shape index (κ2) is 10.7. The maximum absolute atomic E-state index is 14.1. The number of hydrogen-bond acceptors (Lipinski definition) is 5. The van der Waals surface area contributed by atoms with Crippen LogP contribution in [0.25, 0.3) is 16.6 Å². The molecular weight excluding hydrogens is 592 g/mol. The number of fused-ring (bicyclic) bond motifs is 1. The summed E-state index contributed by atoms with van der Waals surface area (Å²) in [6.45, 7) is 7.46. The highest BCUT2D eigenvalue weighted by atomic mass is 127. The molecule has 0 saturated carbocycles. The van der Waals surface area contributed by atoms with Crippen LogP contribution >= 0.6 is 22.6 Å². The Morgan fingerprint density at radius 3 is 2.66 bits per heavy atom. The first-order valence-corrected chi connectivity index (χ1v) is 14.6. The molecule has 2 fully saturated rings. The number of piperidine rings is 1. The van der Waals surface area contributed by atoms with Gasteiger partial charge in [-0.1, -0.05) is 19.1 Å². The van der Waals surface area contributed by atoms with Gasteiger partial charge in [0, 0.05) is 71.1 Å². The Morgan fingerprint density at radius 1 is 1.13 bits per heavy atom. The molecule has 2 aromatic heterocycles. The number of benzene rings is 2. The molecule has 200 valence electrons. The second-order valence-electron chi connectivity index (χ2n) is 11.0. The summed E-state index contributed by atoms with van der Waals surface area (Å²) in [4.78, 5) is 8.74. The number of nitrogens with one attached hydrogen (secondary N) is 2. The van der Waals surface area contributed by atoms with Crippen molar-refractivity contribution in [1.82, 2.24) is 34.9 Å². The maximum Gasteiger partial charge on any atom is 0.198 e. The summed E-state index contributed by atoms with van der Waals surface area (Å²) in [5.41, 5.74) is 4.51. The number of piperazine rings is 1. The van der Waals surface area contributed by atoms with Crippen LogP contribution < -0.4 is 5.32 Å². The van der Waals surface area contributed by atoms with Crippen molar-refractivity contribution in [2.75, 3.05) is 39.8 Å². The fraction of sp³-hybridized carbons (Fsp3) is 0.448. The van der Waals surface area contributed by atoms with Gasteiger partial charge in [-0.25, -0.2) is 4.39 Å². The molecule has 9 heteroatoms. The van der Waals surface area contributed by atoms with Gasteiger partial charge in [-0.15, -0.1) is 10.2 Å². The van der Waals surface area contributed by atoms with Crippen LogP contribution in [-0.4, -0.2) is 75.4 Å². The van der Waals surface area contributed by atoms with Crippen LogP contribution in [0.2, 0.25) is 0 Å². The number of likely N-dealkylation sites (N-methyl/N-ethyl adjacent to an activating group) is 1. The van der Waals surface area contributed by atoms with Crippen LogP contribution in [0.3, 0.4) is 0 Å². The molecule has 0 aliphatic carbocycles. The number of H-pyrrole nitrogens is 1. The molecule has 2 atom stereocenters. The van der Waals surface area contributed by atoms with Gasteiger partial charge < -0.3 is 15.2 Å². The number of halogens is 2. The third-order valence-corrected chi connectivity index (χ3v) is 9.33. The van der Waals surface area contributed by atoms with E-state index >= 15 is 0 Å². The average Bonchev–Trinajstić information content (AvgIpc) is 3.55. The minimum atomic E-state index is -0.201. The van der Waals surface area contributed by atoms with Crippen LogP contribution in [0.1, 0.15) is 43.2 Å². The van der Waals surface area contributed by atoms with E-state index in [2.05, 4.69) is 91.3 Å². The van der Waals surface area contributed by atoms with Crippen molar-refractivity contribution in [3.63, 3.8) is 0 Å². The van der Waals surface area contributed by atoms with Crippen molar-refractivity contribution >= 4 is 33.5 Å². The maximum atomic E-state index is 14.1. The van der Waals surface area contributed by atoms with Gasteiger partial charge in [0.25, 0.3) is 0 Å². The fourth-order valence-corrected chi connectivity index (χ4v) is 7.30. The van der Waals surface area contributed by atoms with Crippen molar-refractivity contribution < 1.29 is 4.39 Å². The van der Waals surface area contributed by atoms with Crippen molar-refractivity contribution in [1.29, 1.82) is 0 Å². The third-order valence-electron chi connectivity index (χ3n) is 8.59. The normalized spacial score (nSPS) is 22.7. The van der Waals surface area contributed by atoms with Gasteiger partial charge >= 0.3 is 0 Å². The van der Waals surface area contributed by atoms with E-state index in [-0.39, 0.29) is 17.3 Å². The average molecular weight is 628 g/mol. The zero-order valence-electron chi connectivity index (χ0n) is 22.0. The summed E-state index contributed by atoms with van der Waals surface area (Å²) in [5, 5.41) is 13.0. The molecule has 0 bridgehead atoms. The SMILES string of the molecule is CC(CC1(c2ccc(F)cc2)CN(C)CCN1C1CCNCC1)c1c[nH]c2ccc(-n3cnnc3I)cc12. The number of hydrogen-bond donors (Lipinski definition) is 2. The molecule has 6 rings (SSSR count). The number of nitrogens with zero attached hydrogens (tertiary/aromatic N) is 5. The third kappa shape index (κ3) is 4.78. The van der Waals surface area contributed by atoms with Crippen molar-refractivity contribution in [3.05, 3.63) is 75.8 Å². The first-order chi connectivity index (χ1) is 18.4. The molecule has 2 aliphatic heterocycles. The van der Waals surface area contributed by atoms with Crippen LogP contribution in [0.4, 0.5) is 4.39 Å². The van der Waals surface area contributed by atoms with E-state index in [4.69, 9.17) is 0 Å². The van der Waals surface area contributed by atoms with E-state index in [1.807, 2.05) is 16.7 Å². The molecular formula is C29H35FIN7. The lowest BCUT2D eigenvalue weighted by molar-refractivity contribution is -0.0448. The molecule has 4 heterocycles. The Morgan fingerprint density at radius 2 is 1.92 bits per heavy atom. The van der Waals surface area contributed by atoms with E-state index in [0.29, 0.717) is 6.04 Å². The molecule has 2 aromatic carbocycles. The largest absolute Gasteiger partial charge is 0.361 e. The smallest absolute Gasteiger partial charge is 0.198 e. The van der Waals surface area contributed by atoms with Crippen molar-refractivity contribution in [3.8, 4) is 5.69 Å². The van der Waals surface area contributed by atoms with Crippen LogP contribution in [0.15, 0.2) is 55.0 Å². The molecule has 0 amide bonds. The highest BCUT2D eigenvalue weighted by Gasteiger charge is 2.46. The standard InChI is InChI=1S/C29H35FIN7/c1-20(26-17-33-27-8-7-24(15-25(26)27)37-19-34-35-28(37)31)16-29(21-3-5-22(30)6-4-21)18-36(2)13-14-38(29)23-9-11-32-12-10-23/h3-8,15,17,19-20,23,32-33H,9-14,16,18H2,1-2H3. The predicted molar refractivity (Wildman–Crippen MR) is 157 cm³/mol. The van der Waals surface area contributed by atoms with Crippen molar-refractivity contribution in [2.24, 2.45) is 0 Å². The van der Waals surface area contributed by atoms with Crippen LogP contribution in [0, 0.1) is 9.65 Å². The number of aromatic amines is 1. The van der Waals surface area contributed by atoms with Gasteiger partial charge in [0.1, 0.15) is 12.1 Å². The topological polar surface area (TPSA) is 65.0 Å². The zero-order valence-corrected chi connectivity index (χ0v) is 24.2. The second-order valence-corrected chi connectivity index (χ2v) is 12.0. The van der Waals surface area contributed by atoms with Gasteiger partial charge in [-0.3, -0.25) is 9.47 Å². The molecule has 38 heavy (non-hydrogen) atoms. The minimum absolute atomic E-state index is 0.178. The summed E-state index contributed by atoms with van der Waals surface area (Å²) in [6.07, 6.45) is 7.19. The number of rotatable bonds is 6. The van der Waals surface area contributed by atoms with E-state index in [1.54, 1.807) is 18.5 Å². The van der Waals surface area contributed by atoms with Crippen LogP contribution in [-0.2, 0) is 5.54 Å². The van der Waals surface area contributed by atoms with Gasteiger partial charge in [-0.05, 0) is 86.8 Å². The molecule has 2 N–H and O–H groups in total. The molecule has 0 radical (unpaired) electrons. The summed E-state index contributed by atoms with van der Waals surface area (Å²) < 4.78 is 17.0. The Kier molecular flexibility index (Phi) is 7.28. The van der Waals surface area contributed by atoms with Gasteiger partial charge in [0.15, 0.2) is 3.83 Å². The summed E-state index contributed by atoms with van der Waals surface area (Å²) in [5.74, 6) is 0.0991. The monoisotopic (exact) mass is 627 g/mol. The lowest BCUT2D eigenvalue weighted by Gasteiger charge is -2.55. The lowest BCUT2D eigenvalue weighted by atomic mass is 9.75. The lowest BCUT2D eigenvalue weighted by Crippen LogP contribution is -2.63. The molecule has 2 aliphatic rings. The van der Waals surface area contributed by atoms with Gasteiger partial charge in [-0.2, -0.15) is 0 Å². The predicted octanol–water partition coefficient (Wildman–Crippen LogP) is 4.88. The Labute approximate surface area is 236 Å². The van der Waals surface area contributed by atoms with Crippen LogP contribution in [0.5, 0.6) is 0 Å². The fourth-order valence-electron chi connectivity index (χ4n) is 6.77. The molecule has 7 nitrogen and oxygen atoms in total. The zero-order chi connectivity index (χ0) is 26.3. The number of aromatic nitrogens is 4. The first kappa shape index (κ1) is 25.9. The molecule has 0 spiro atoms. The Hall–Kier alpha value is -2.34. The highest BCUT2D eigenvalue weighted by Crippen LogP contribution is 2.44. The van der Waals surface area contributed by atoms with E-state index in [1.165, 1.54) is 16.5 Å². The van der Waals surface area contributed by atoms with Gasteiger partial charge in [0.2, 0.25) is 0 Å². The van der Waals surface area contributed by atoms with Crippen molar-refractivity contribution in [2.45, 2.75) is 43.7 Å². The minimum Gasteiger partial charge on any atom is -0.361 e. The Bertz CT molecular complexity index is 1390. The van der Waals surface area contributed by atoms with Gasteiger partial charge in [0.05, 0.1) is 5.54 Å².